The lowest BCUT2D eigenvalue weighted by atomic mass is 9.97. The Kier molecular flexibility index (Phi) is 4.70. The lowest BCUT2D eigenvalue weighted by Gasteiger charge is -2.22. The van der Waals surface area contributed by atoms with Crippen molar-refractivity contribution in [3.63, 3.8) is 0 Å². The molecule has 1 aliphatic heterocycles. The number of anilines is 1. The van der Waals surface area contributed by atoms with E-state index in [2.05, 4.69) is 17.1 Å². The van der Waals surface area contributed by atoms with E-state index in [4.69, 9.17) is 4.42 Å². The molecule has 0 saturated carbocycles. The second-order valence-corrected chi connectivity index (χ2v) is 8.91. The van der Waals surface area contributed by atoms with Gasteiger partial charge in [-0.05, 0) is 29.7 Å². The molecule has 31 heavy (non-hydrogen) atoms. The Bertz CT molecular complexity index is 1350. The van der Waals surface area contributed by atoms with Gasteiger partial charge in [0.15, 0.2) is 5.43 Å². The Balaban J connectivity index is 1.76. The number of aryl methyl sites for hydroxylation is 1. The van der Waals surface area contributed by atoms with Gasteiger partial charge in [0.25, 0.3) is 5.91 Å². The van der Waals surface area contributed by atoms with Gasteiger partial charge in [-0.2, -0.15) is 0 Å². The van der Waals surface area contributed by atoms with E-state index in [1.54, 1.807) is 29.2 Å². The number of aromatic nitrogens is 2. The summed E-state index contributed by atoms with van der Waals surface area (Å²) in [5.74, 6) is -0.0978. The van der Waals surface area contributed by atoms with E-state index in [1.165, 1.54) is 16.9 Å². The minimum Gasteiger partial charge on any atom is -0.450 e. The summed E-state index contributed by atoms with van der Waals surface area (Å²) in [7, 11) is 0. The van der Waals surface area contributed by atoms with Crippen molar-refractivity contribution in [2.45, 2.75) is 39.2 Å². The van der Waals surface area contributed by atoms with E-state index < -0.39 is 6.04 Å². The van der Waals surface area contributed by atoms with Gasteiger partial charge in [-0.15, -0.1) is 10.2 Å². The second-order valence-electron chi connectivity index (χ2n) is 7.92. The maximum atomic E-state index is 13.5. The molecule has 5 rings (SSSR count). The average molecular weight is 432 g/mol. The van der Waals surface area contributed by atoms with Gasteiger partial charge in [0.2, 0.25) is 10.9 Å². The van der Waals surface area contributed by atoms with Crippen LogP contribution in [0, 0.1) is 0 Å². The van der Waals surface area contributed by atoms with Gasteiger partial charge in [0, 0.05) is 5.92 Å². The van der Waals surface area contributed by atoms with Crippen LogP contribution in [-0.4, -0.2) is 16.1 Å². The molecule has 4 aromatic rings. The van der Waals surface area contributed by atoms with E-state index in [1.807, 2.05) is 38.1 Å². The Hall–Kier alpha value is -3.32. The van der Waals surface area contributed by atoms with E-state index >= 15 is 0 Å². The molecule has 2 aromatic carbocycles. The Morgan fingerprint density at radius 2 is 1.81 bits per heavy atom. The zero-order valence-electron chi connectivity index (χ0n) is 17.5. The average Bonchev–Trinajstić information content (AvgIpc) is 3.38. The topological polar surface area (TPSA) is 76.3 Å². The second kappa shape index (κ2) is 7.42. The molecule has 1 atom stereocenters. The van der Waals surface area contributed by atoms with Gasteiger partial charge in [-0.25, -0.2) is 0 Å². The molecule has 6 nitrogen and oxygen atoms in total. The number of amides is 1. The molecular formula is C24H21N3O3S. The highest BCUT2D eigenvalue weighted by atomic mass is 32.1. The number of para-hydroxylation sites is 1. The molecule has 0 aliphatic carbocycles. The monoisotopic (exact) mass is 431 g/mol. The van der Waals surface area contributed by atoms with Crippen molar-refractivity contribution in [1.29, 1.82) is 0 Å². The summed E-state index contributed by atoms with van der Waals surface area (Å²) in [5.41, 5.74) is 2.60. The van der Waals surface area contributed by atoms with Crippen molar-refractivity contribution in [1.82, 2.24) is 10.2 Å². The number of carbonyl (C=O) groups excluding carboxylic acids is 1. The normalized spacial score (nSPS) is 15.8. The zero-order chi connectivity index (χ0) is 21.7. The van der Waals surface area contributed by atoms with Crippen LogP contribution in [0.15, 0.2) is 57.7 Å². The fraction of sp³-hybridized carbons (Fsp3) is 0.250. The van der Waals surface area contributed by atoms with E-state index in [9.17, 15) is 9.59 Å². The first-order valence-electron chi connectivity index (χ1n) is 10.3. The minimum absolute atomic E-state index is 0.0783. The molecule has 2 aromatic heterocycles. The number of carbonyl (C=O) groups is 1. The van der Waals surface area contributed by atoms with Gasteiger partial charge in [0.1, 0.15) is 10.6 Å². The van der Waals surface area contributed by atoms with Gasteiger partial charge < -0.3 is 4.42 Å². The van der Waals surface area contributed by atoms with Crippen LogP contribution in [0.3, 0.4) is 0 Å². The molecule has 0 fully saturated rings. The van der Waals surface area contributed by atoms with Crippen LogP contribution in [0.5, 0.6) is 0 Å². The van der Waals surface area contributed by atoms with Gasteiger partial charge in [0.05, 0.1) is 17.0 Å². The summed E-state index contributed by atoms with van der Waals surface area (Å²) in [4.78, 5) is 28.6. The third-order valence-corrected chi connectivity index (χ3v) is 6.83. The maximum absolute atomic E-state index is 13.5. The minimum atomic E-state index is -0.609. The van der Waals surface area contributed by atoms with Crippen molar-refractivity contribution in [3.05, 3.63) is 86.2 Å². The molecule has 1 amide bonds. The van der Waals surface area contributed by atoms with Crippen LogP contribution in [0.1, 0.15) is 65.0 Å². The van der Waals surface area contributed by atoms with Crippen LogP contribution in [-0.2, 0) is 6.42 Å². The molecule has 0 radical (unpaired) electrons. The molecule has 0 unspecified atom stereocenters. The van der Waals surface area contributed by atoms with Crippen LogP contribution >= 0.6 is 11.3 Å². The molecule has 7 heteroatoms. The fourth-order valence-electron chi connectivity index (χ4n) is 3.93. The third kappa shape index (κ3) is 3.08. The van der Waals surface area contributed by atoms with E-state index in [0.29, 0.717) is 21.7 Å². The van der Waals surface area contributed by atoms with Crippen molar-refractivity contribution in [3.8, 4) is 0 Å². The Labute approximate surface area is 183 Å². The van der Waals surface area contributed by atoms with Crippen LogP contribution in [0.25, 0.3) is 11.0 Å². The highest BCUT2D eigenvalue weighted by Gasteiger charge is 2.45. The quantitative estimate of drug-likeness (QED) is 0.450. The maximum Gasteiger partial charge on any atom is 0.297 e. The predicted molar refractivity (Wildman–Crippen MR) is 121 cm³/mol. The Morgan fingerprint density at radius 1 is 1.06 bits per heavy atom. The lowest BCUT2D eigenvalue weighted by molar-refractivity contribution is 0.0970. The van der Waals surface area contributed by atoms with E-state index in [-0.39, 0.29) is 23.0 Å². The van der Waals surface area contributed by atoms with Crippen LogP contribution in [0.4, 0.5) is 5.13 Å². The number of rotatable bonds is 4. The first kappa shape index (κ1) is 19.6. The smallest absolute Gasteiger partial charge is 0.297 e. The summed E-state index contributed by atoms with van der Waals surface area (Å²) >= 11 is 1.37. The number of fused-ring (bicyclic) bond motifs is 2. The van der Waals surface area contributed by atoms with Crippen molar-refractivity contribution >= 4 is 33.3 Å². The number of benzene rings is 2. The molecule has 3 heterocycles. The number of hydrogen-bond donors (Lipinski definition) is 0. The zero-order valence-corrected chi connectivity index (χ0v) is 18.3. The van der Waals surface area contributed by atoms with Crippen molar-refractivity contribution in [2.75, 3.05) is 4.90 Å². The third-order valence-electron chi connectivity index (χ3n) is 5.61. The molecule has 1 aliphatic rings. The summed E-state index contributed by atoms with van der Waals surface area (Å²) in [5, 5.41) is 10.3. The molecule has 0 N–H and O–H groups in total. The standard InChI is InChI=1S/C24H21N3O3S/c1-4-14-9-11-15(12-10-14)19-18-20(28)16-7-5-6-8-17(16)30-21(18)23(29)27(19)24-26-25-22(31-24)13(2)3/h5-13,19H,4H2,1-3H3/t19-/m1/s1. The van der Waals surface area contributed by atoms with Gasteiger partial charge >= 0.3 is 0 Å². The number of hydrogen-bond acceptors (Lipinski definition) is 6. The highest BCUT2D eigenvalue weighted by Crippen LogP contribution is 2.42. The highest BCUT2D eigenvalue weighted by molar-refractivity contribution is 7.15. The predicted octanol–water partition coefficient (Wildman–Crippen LogP) is 5.08. The lowest BCUT2D eigenvalue weighted by Crippen LogP contribution is -2.29. The van der Waals surface area contributed by atoms with Crippen LogP contribution < -0.4 is 10.3 Å². The van der Waals surface area contributed by atoms with Gasteiger partial charge in [-0.3, -0.25) is 14.5 Å². The largest absolute Gasteiger partial charge is 0.450 e. The molecule has 0 saturated heterocycles. The Morgan fingerprint density at radius 3 is 2.48 bits per heavy atom. The van der Waals surface area contributed by atoms with Crippen molar-refractivity contribution in [2.24, 2.45) is 0 Å². The van der Waals surface area contributed by atoms with Crippen LogP contribution in [0.2, 0.25) is 0 Å². The molecular weight excluding hydrogens is 410 g/mol. The summed E-state index contributed by atoms with van der Waals surface area (Å²) in [6, 6.07) is 14.4. The summed E-state index contributed by atoms with van der Waals surface area (Å²) in [6.45, 7) is 6.15. The van der Waals surface area contributed by atoms with E-state index in [0.717, 1.165) is 17.0 Å². The summed E-state index contributed by atoms with van der Waals surface area (Å²) in [6.07, 6.45) is 0.908. The first-order chi connectivity index (χ1) is 15.0. The first-order valence-corrected chi connectivity index (χ1v) is 11.1. The van der Waals surface area contributed by atoms with Gasteiger partial charge in [-0.1, -0.05) is 68.5 Å². The summed E-state index contributed by atoms with van der Waals surface area (Å²) < 4.78 is 5.97. The van der Waals surface area contributed by atoms with Crippen molar-refractivity contribution < 1.29 is 9.21 Å². The molecule has 156 valence electrons. The molecule has 0 spiro atoms. The SMILES string of the molecule is CCc1ccc([C@@H]2c3c(oc4ccccc4c3=O)C(=O)N2c2nnc(C(C)C)s2)cc1. The molecule has 0 bridgehead atoms. The fourth-order valence-corrected chi connectivity index (χ4v) is 4.80. The number of nitrogens with zero attached hydrogens (tertiary/aromatic N) is 3.